The van der Waals surface area contributed by atoms with Crippen molar-refractivity contribution in [3.8, 4) is 0 Å². The van der Waals surface area contributed by atoms with E-state index in [0.29, 0.717) is 6.54 Å². The van der Waals surface area contributed by atoms with Gasteiger partial charge in [-0.1, -0.05) is 12.1 Å². The van der Waals surface area contributed by atoms with Crippen molar-refractivity contribution in [1.82, 2.24) is 4.72 Å². The lowest BCUT2D eigenvalue weighted by molar-refractivity contribution is 0.588. The first-order valence-corrected chi connectivity index (χ1v) is 7.63. The summed E-state index contributed by atoms with van der Waals surface area (Å²) in [5.41, 5.74) is 8.35. The predicted molar refractivity (Wildman–Crippen MR) is 80.3 cm³/mol. The van der Waals surface area contributed by atoms with Crippen LogP contribution in [0.4, 0.5) is 11.4 Å². The summed E-state index contributed by atoms with van der Waals surface area (Å²) in [6.45, 7) is 0.481. The first-order chi connectivity index (χ1) is 9.55. The van der Waals surface area contributed by atoms with E-state index in [1.165, 1.54) is 7.05 Å². The molecule has 2 aromatic rings. The van der Waals surface area contributed by atoms with Gasteiger partial charge in [-0.2, -0.15) is 0 Å². The normalized spacial score (nSPS) is 11.3. The fourth-order valence-electron chi connectivity index (χ4n) is 1.78. The fourth-order valence-corrected chi connectivity index (χ4v) is 2.51. The van der Waals surface area contributed by atoms with Crippen molar-refractivity contribution in [2.75, 3.05) is 12.4 Å². The number of hydrogen-bond donors (Lipinski definition) is 3. The first-order valence-electron chi connectivity index (χ1n) is 6.15. The summed E-state index contributed by atoms with van der Waals surface area (Å²) in [6, 6.07) is 14.3. The van der Waals surface area contributed by atoms with Gasteiger partial charge in [-0.25, -0.2) is 13.1 Å². The number of benzene rings is 2. The van der Waals surface area contributed by atoms with Crippen LogP contribution in [-0.4, -0.2) is 15.5 Å². The van der Waals surface area contributed by atoms with Gasteiger partial charge < -0.3 is 11.1 Å². The van der Waals surface area contributed by atoms with Gasteiger partial charge in [0, 0.05) is 17.9 Å². The first kappa shape index (κ1) is 14.5. The molecule has 4 N–H and O–H groups in total. The Labute approximate surface area is 118 Å². The molecule has 0 aliphatic heterocycles. The van der Waals surface area contributed by atoms with E-state index in [0.717, 1.165) is 16.9 Å². The molecule has 0 bridgehead atoms. The minimum absolute atomic E-state index is 0.237. The molecule has 0 heterocycles. The van der Waals surface area contributed by atoms with Gasteiger partial charge >= 0.3 is 0 Å². The second-order valence-electron chi connectivity index (χ2n) is 4.26. The Morgan fingerprint density at radius 3 is 2.35 bits per heavy atom. The molecule has 0 saturated carbocycles. The van der Waals surface area contributed by atoms with Gasteiger partial charge in [0.25, 0.3) is 0 Å². The summed E-state index contributed by atoms with van der Waals surface area (Å²) in [5.74, 6) is 0. The molecule has 0 amide bonds. The van der Waals surface area contributed by atoms with Crippen molar-refractivity contribution in [2.24, 2.45) is 5.73 Å². The zero-order valence-electron chi connectivity index (χ0n) is 11.1. The number of rotatable bonds is 5. The van der Waals surface area contributed by atoms with Crippen molar-refractivity contribution in [3.05, 3.63) is 54.1 Å². The standard InChI is InChI=1S/C14H17N3O2S/c1-16-20(18,19)14-7-5-12(6-8-14)17-13-4-2-3-11(9-13)10-15/h2-9,16-17H,10,15H2,1H3. The fraction of sp³-hybridized carbons (Fsp3) is 0.143. The molecule has 5 nitrogen and oxygen atoms in total. The average molecular weight is 291 g/mol. The summed E-state index contributed by atoms with van der Waals surface area (Å²) in [7, 11) is -2.00. The smallest absolute Gasteiger partial charge is 0.240 e. The van der Waals surface area contributed by atoms with E-state index >= 15 is 0 Å². The van der Waals surface area contributed by atoms with Gasteiger partial charge in [0.2, 0.25) is 10.0 Å². The van der Waals surface area contributed by atoms with E-state index in [1.54, 1.807) is 24.3 Å². The highest BCUT2D eigenvalue weighted by Gasteiger charge is 2.10. The Balaban J connectivity index is 2.18. The van der Waals surface area contributed by atoms with Crippen LogP contribution >= 0.6 is 0 Å². The van der Waals surface area contributed by atoms with Crippen LogP contribution in [0.2, 0.25) is 0 Å². The van der Waals surface area contributed by atoms with Crippen molar-refractivity contribution in [3.63, 3.8) is 0 Å². The van der Waals surface area contributed by atoms with Crippen LogP contribution in [0.1, 0.15) is 5.56 Å². The topological polar surface area (TPSA) is 84.2 Å². The molecule has 0 saturated heterocycles. The van der Waals surface area contributed by atoms with Gasteiger partial charge in [-0.3, -0.25) is 0 Å². The molecule has 2 rings (SSSR count). The number of sulfonamides is 1. The largest absolute Gasteiger partial charge is 0.356 e. The molecule has 0 aromatic heterocycles. The third-order valence-corrected chi connectivity index (χ3v) is 4.31. The maximum absolute atomic E-state index is 11.6. The third kappa shape index (κ3) is 3.36. The summed E-state index contributed by atoms with van der Waals surface area (Å²) in [6.07, 6.45) is 0. The van der Waals surface area contributed by atoms with Crippen LogP contribution in [0.25, 0.3) is 0 Å². The molecular weight excluding hydrogens is 274 g/mol. The van der Waals surface area contributed by atoms with Crippen LogP contribution in [0.3, 0.4) is 0 Å². The Hall–Kier alpha value is -1.89. The Morgan fingerprint density at radius 2 is 1.75 bits per heavy atom. The van der Waals surface area contributed by atoms with Gasteiger partial charge in [0.05, 0.1) is 4.90 Å². The molecule has 0 aliphatic carbocycles. The summed E-state index contributed by atoms with van der Waals surface area (Å²) in [5, 5.41) is 3.20. The molecule has 0 unspecified atom stereocenters. The number of nitrogens with one attached hydrogen (secondary N) is 2. The number of nitrogens with two attached hydrogens (primary N) is 1. The van der Waals surface area contributed by atoms with Crippen molar-refractivity contribution >= 4 is 21.4 Å². The number of hydrogen-bond acceptors (Lipinski definition) is 4. The molecule has 20 heavy (non-hydrogen) atoms. The zero-order valence-corrected chi connectivity index (χ0v) is 11.9. The van der Waals surface area contributed by atoms with Crippen molar-refractivity contribution in [1.29, 1.82) is 0 Å². The van der Waals surface area contributed by atoms with E-state index in [4.69, 9.17) is 5.73 Å². The summed E-state index contributed by atoms with van der Waals surface area (Å²) in [4.78, 5) is 0.237. The van der Waals surface area contributed by atoms with E-state index in [1.807, 2.05) is 24.3 Å². The van der Waals surface area contributed by atoms with E-state index in [2.05, 4.69) is 10.0 Å². The van der Waals surface area contributed by atoms with Crippen LogP contribution in [0, 0.1) is 0 Å². The lowest BCUT2D eigenvalue weighted by Gasteiger charge is -2.09. The quantitative estimate of drug-likeness (QED) is 0.784. The minimum atomic E-state index is -3.39. The second kappa shape index (κ2) is 6.04. The summed E-state index contributed by atoms with van der Waals surface area (Å²) < 4.78 is 25.5. The van der Waals surface area contributed by atoms with E-state index in [-0.39, 0.29) is 4.90 Å². The average Bonchev–Trinajstić information content (AvgIpc) is 2.48. The predicted octanol–water partition coefficient (Wildman–Crippen LogP) is 1.80. The van der Waals surface area contributed by atoms with Gasteiger partial charge in [0.15, 0.2) is 0 Å². The Morgan fingerprint density at radius 1 is 1.05 bits per heavy atom. The van der Waals surface area contributed by atoms with Gasteiger partial charge in [-0.05, 0) is 49.0 Å². The zero-order chi connectivity index (χ0) is 14.6. The Bertz CT molecular complexity index is 682. The number of anilines is 2. The summed E-state index contributed by atoms with van der Waals surface area (Å²) >= 11 is 0. The van der Waals surface area contributed by atoms with Crippen LogP contribution in [0.5, 0.6) is 0 Å². The maximum Gasteiger partial charge on any atom is 0.240 e. The maximum atomic E-state index is 11.6. The van der Waals surface area contributed by atoms with E-state index < -0.39 is 10.0 Å². The van der Waals surface area contributed by atoms with Crippen LogP contribution in [0.15, 0.2) is 53.4 Å². The van der Waals surface area contributed by atoms with Crippen LogP contribution < -0.4 is 15.8 Å². The molecule has 0 radical (unpaired) electrons. The highest BCUT2D eigenvalue weighted by Crippen LogP contribution is 2.19. The van der Waals surface area contributed by atoms with Gasteiger partial charge in [-0.15, -0.1) is 0 Å². The second-order valence-corrected chi connectivity index (χ2v) is 6.15. The Kier molecular flexibility index (Phi) is 4.39. The molecule has 0 aliphatic rings. The van der Waals surface area contributed by atoms with Crippen molar-refractivity contribution in [2.45, 2.75) is 11.4 Å². The molecule has 106 valence electrons. The molecule has 0 atom stereocenters. The lowest BCUT2D eigenvalue weighted by Crippen LogP contribution is -2.18. The monoisotopic (exact) mass is 291 g/mol. The molecular formula is C14H17N3O2S. The highest BCUT2D eigenvalue weighted by atomic mass is 32.2. The molecule has 0 fully saturated rings. The van der Waals surface area contributed by atoms with Crippen molar-refractivity contribution < 1.29 is 8.42 Å². The molecule has 6 heteroatoms. The van der Waals surface area contributed by atoms with E-state index in [9.17, 15) is 8.42 Å². The minimum Gasteiger partial charge on any atom is -0.356 e. The SMILES string of the molecule is CNS(=O)(=O)c1ccc(Nc2cccc(CN)c2)cc1. The van der Waals surface area contributed by atoms with Crippen LogP contribution in [-0.2, 0) is 16.6 Å². The molecule has 2 aromatic carbocycles. The lowest BCUT2D eigenvalue weighted by atomic mass is 10.2. The highest BCUT2D eigenvalue weighted by molar-refractivity contribution is 7.89. The third-order valence-electron chi connectivity index (χ3n) is 2.88. The van der Waals surface area contributed by atoms with Gasteiger partial charge in [0.1, 0.15) is 0 Å². The molecule has 0 spiro atoms.